The monoisotopic (exact) mass is 256 g/mol. The first-order valence-corrected chi connectivity index (χ1v) is 8.09. The Bertz CT molecular complexity index is 377. The summed E-state index contributed by atoms with van der Waals surface area (Å²) >= 11 is 0. The summed E-state index contributed by atoms with van der Waals surface area (Å²) < 4.78 is 0. The summed E-state index contributed by atoms with van der Waals surface area (Å²) in [6.45, 7) is 4.47. The second-order valence-electron chi connectivity index (χ2n) is 5.94. The van der Waals surface area contributed by atoms with E-state index in [0.29, 0.717) is 0 Å². The molecule has 0 saturated heterocycles. The van der Waals surface area contributed by atoms with Gasteiger partial charge in [0, 0.05) is 0 Å². The highest BCUT2D eigenvalue weighted by Gasteiger charge is 2.20. The van der Waals surface area contributed by atoms with Gasteiger partial charge in [-0.1, -0.05) is 56.7 Å². The SMILES string of the molecule is CCC=CC1CCC(c2ccc(CCC)cc2)CC1. The maximum atomic E-state index is 2.45. The van der Waals surface area contributed by atoms with Crippen molar-refractivity contribution in [2.75, 3.05) is 0 Å². The van der Waals surface area contributed by atoms with Crippen LogP contribution in [0.1, 0.15) is 69.4 Å². The lowest BCUT2D eigenvalue weighted by molar-refractivity contribution is 0.375. The second-order valence-corrected chi connectivity index (χ2v) is 5.94. The van der Waals surface area contributed by atoms with Crippen LogP contribution < -0.4 is 0 Å². The molecule has 1 saturated carbocycles. The summed E-state index contributed by atoms with van der Waals surface area (Å²) in [5, 5.41) is 0. The molecule has 0 amide bonds. The molecular weight excluding hydrogens is 228 g/mol. The largest absolute Gasteiger partial charge is 0.0885 e. The van der Waals surface area contributed by atoms with Gasteiger partial charge in [-0.2, -0.15) is 0 Å². The summed E-state index contributed by atoms with van der Waals surface area (Å²) in [4.78, 5) is 0. The topological polar surface area (TPSA) is 0 Å². The van der Waals surface area contributed by atoms with Crippen LogP contribution >= 0.6 is 0 Å². The first kappa shape index (κ1) is 14.4. The molecule has 0 unspecified atom stereocenters. The number of allylic oxidation sites excluding steroid dienone is 2. The first-order chi connectivity index (χ1) is 9.33. The Kier molecular flexibility index (Phi) is 5.69. The highest BCUT2D eigenvalue weighted by atomic mass is 14.3. The minimum Gasteiger partial charge on any atom is -0.0885 e. The molecule has 1 aromatic rings. The molecule has 0 heterocycles. The van der Waals surface area contributed by atoms with Crippen LogP contribution in [0.15, 0.2) is 36.4 Å². The van der Waals surface area contributed by atoms with Crippen molar-refractivity contribution in [1.29, 1.82) is 0 Å². The fourth-order valence-corrected chi connectivity index (χ4v) is 3.22. The van der Waals surface area contributed by atoms with E-state index in [4.69, 9.17) is 0 Å². The molecule has 1 aromatic carbocycles. The molecule has 0 heteroatoms. The number of rotatable bonds is 5. The lowest BCUT2D eigenvalue weighted by Gasteiger charge is -2.27. The van der Waals surface area contributed by atoms with Gasteiger partial charge in [-0.25, -0.2) is 0 Å². The molecule has 0 atom stereocenters. The summed E-state index contributed by atoms with van der Waals surface area (Å²) in [6, 6.07) is 9.42. The van der Waals surface area contributed by atoms with Crippen molar-refractivity contribution in [3.63, 3.8) is 0 Å². The zero-order chi connectivity index (χ0) is 13.5. The van der Waals surface area contributed by atoms with Crippen LogP contribution in [0.3, 0.4) is 0 Å². The predicted octanol–water partition coefficient (Wildman–Crippen LogP) is 5.88. The van der Waals surface area contributed by atoms with Gasteiger partial charge >= 0.3 is 0 Å². The zero-order valence-electron chi connectivity index (χ0n) is 12.6. The molecule has 0 aliphatic heterocycles. The van der Waals surface area contributed by atoms with Gasteiger partial charge in [0.1, 0.15) is 0 Å². The van der Waals surface area contributed by atoms with E-state index in [1.165, 1.54) is 50.5 Å². The molecule has 0 bridgehead atoms. The summed E-state index contributed by atoms with van der Waals surface area (Å²) in [6.07, 6.45) is 13.9. The van der Waals surface area contributed by atoms with E-state index in [2.05, 4.69) is 50.3 Å². The van der Waals surface area contributed by atoms with E-state index in [9.17, 15) is 0 Å². The molecule has 19 heavy (non-hydrogen) atoms. The highest BCUT2D eigenvalue weighted by Crippen LogP contribution is 2.36. The Morgan fingerprint density at radius 1 is 1.00 bits per heavy atom. The van der Waals surface area contributed by atoms with Gasteiger partial charge in [0.05, 0.1) is 0 Å². The summed E-state index contributed by atoms with van der Waals surface area (Å²) in [5.74, 6) is 1.65. The fraction of sp³-hybridized carbons (Fsp3) is 0.579. The fourth-order valence-electron chi connectivity index (χ4n) is 3.22. The van der Waals surface area contributed by atoms with Crippen LogP contribution in [0.2, 0.25) is 0 Å². The Hall–Kier alpha value is -1.04. The Balaban J connectivity index is 1.88. The van der Waals surface area contributed by atoms with Crippen LogP contribution in [-0.2, 0) is 6.42 Å². The van der Waals surface area contributed by atoms with Crippen molar-refractivity contribution >= 4 is 0 Å². The Labute approximate surface area is 118 Å². The van der Waals surface area contributed by atoms with Crippen LogP contribution in [0.4, 0.5) is 0 Å². The molecule has 0 nitrogen and oxygen atoms in total. The number of hydrogen-bond acceptors (Lipinski definition) is 0. The molecule has 1 aliphatic carbocycles. The van der Waals surface area contributed by atoms with Crippen molar-refractivity contribution in [3.05, 3.63) is 47.5 Å². The van der Waals surface area contributed by atoms with Gasteiger partial charge in [-0.15, -0.1) is 0 Å². The van der Waals surface area contributed by atoms with Gasteiger partial charge < -0.3 is 0 Å². The molecular formula is C19H28. The van der Waals surface area contributed by atoms with Crippen LogP contribution in [0, 0.1) is 5.92 Å². The van der Waals surface area contributed by atoms with Gasteiger partial charge in [0.15, 0.2) is 0 Å². The average Bonchev–Trinajstić information content (AvgIpc) is 2.47. The first-order valence-electron chi connectivity index (χ1n) is 8.09. The third kappa shape index (κ3) is 4.23. The van der Waals surface area contributed by atoms with Crippen LogP contribution in [0.25, 0.3) is 0 Å². The molecule has 2 rings (SSSR count). The number of hydrogen-bond donors (Lipinski definition) is 0. The maximum Gasteiger partial charge on any atom is -0.0162 e. The number of aryl methyl sites for hydroxylation is 1. The summed E-state index contributed by atoms with van der Waals surface area (Å²) in [7, 11) is 0. The second kappa shape index (κ2) is 7.53. The maximum absolute atomic E-state index is 2.45. The van der Waals surface area contributed by atoms with Crippen molar-refractivity contribution in [3.8, 4) is 0 Å². The summed E-state index contributed by atoms with van der Waals surface area (Å²) in [5.41, 5.74) is 3.06. The van der Waals surface area contributed by atoms with Gasteiger partial charge in [0.2, 0.25) is 0 Å². The van der Waals surface area contributed by atoms with Crippen molar-refractivity contribution < 1.29 is 0 Å². The molecule has 104 valence electrons. The highest BCUT2D eigenvalue weighted by molar-refractivity contribution is 5.26. The zero-order valence-corrected chi connectivity index (χ0v) is 12.6. The van der Waals surface area contributed by atoms with E-state index < -0.39 is 0 Å². The molecule has 0 radical (unpaired) electrons. The van der Waals surface area contributed by atoms with Gasteiger partial charge in [-0.05, 0) is 61.5 Å². The minimum atomic E-state index is 0.807. The van der Waals surface area contributed by atoms with E-state index in [1.807, 2.05) is 0 Å². The molecule has 0 spiro atoms. The van der Waals surface area contributed by atoms with E-state index >= 15 is 0 Å². The smallest absolute Gasteiger partial charge is 0.0162 e. The Morgan fingerprint density at radius 3 is 2.26 bits per heavy atom. The lowest BCUT2D eigenvalue weighted by atomic mass is 9.78. The van der Waals surface area contributed by atoms with Crippen molar-refractivity contribution in [2.45, 2.75) is 64.7 Å². The van der Waals surface area contributed by atoms with Crippen molar-refractivity contribution in [2.24, 2.45) is 5.92 Å². The normalized spacial score (nSPS) is 23.9. The lowest BCUT2D eigenvalue weighted by Crippen LogP contribution is -2.11. The quantitative estimate of drug-likeness (QED) is 0.577. The minimum absolute atomic E-state index is 0.807. The third-order valence-electron chi connectivity index (χ3n) is 4.41. The third-order valence-corrected chi connectivity index (χ3v) is 4.41. The predicted molar refractivity (Wildman–Crippen MR) is 84.6 cm³/mol. The molecule has 1 aliphatic rings. The molecule has 0 aromatic heterocycles. The standard InChI is InChI=1S/C19H28/c1-3-5-7-17-10-14-19(15-11-17)18-12-8-16(6-4-2)9-13-18/h5,7-9,12-13,17,19H,3-4,6,10-11,14-15H2,1-2H3. The average molecular weight is 256 g/mol. The van der Waals surface area contributed by atoms with Gasteiger partial charge in [-0.3, -0.25) is 0 Å². The molecule has 1 fully saturated rings. The van der Waals surface area contributed by atoms with Crippen LogP contribution in [-0.4, -0.2) is 0 Å². The number of benzene rings is 1. The van der Waals surface area contributed by atoms with E-state index in [0.717, 1.165) is 11.8 Å². The Morgan fingerprint density at radius 2 is 1.68 bits per heavy atom. The van der Waals surface area contributed by atoms with Crippen LogP contribution in [0.5, 0.6) is 0 Å². The van der Waals surface area contributed by atoms with E-state index in [-0.39, 0.29) is 0 Å². The van der Waals surface area contributed by atoms with E-state index in [1.54, 1.807) is 5.56 Å². The molecule has 0 N–H and O–H groups in total. The van der Waals surface area contributed by atoms with Gasteiger partial charge in [0.25, 0.3) is 0 Å². The van der Waals surface area contributed by atoms with Crippen molar-refractivity contribution in [1.82, 2.24) is 0 Å².